The minimum absolute atomic E-state index is 0.293. The number of anilines is 1. The average molecular weight is 403 g/mol. The Hall–Kier alpha value is -2.33. The maximum Gasteiger partial charge on any atom is 0.142 e. The number of aliphatic hydroxyl groups is 1. The van der Waals surface area contributed by atoms with Gasteiger partial charge in [0.2, 0.25) is 0 Å². The van der Waals surface area contributed by atoms with E-state index in [2.05, 4.69) is 19.9 Å². The molecule has 3 rings (SSSR count). The van der Waals surface area contributed by atoms with E-state index in [4.69, 9.17) is 4.74 Å². The molecule has 0 aliphatic carbocycles. The lowest BCUT2D eigenvalue weighted by Gasteiger charge is -2.23. The van der Waals surface area contributed by atoms with Crippen molar-refractivity contribution in [1.82, 2.24) is 9.97 Å². The van der Waals surface area contributed by atoms with Gasteiger partial charge in [-0.1, -0.05) is 12.1 Å². The third-order valence-electron chi connectivity index (χ3n) is 3.97. The fraction of sp³-hybridized carbons (Fsp3) is 0.222. The predicted molar refractivity (Wildman–Crippen MR) is 108 cm³/mol. The van der Waals surface area contributed by atoms with Crippen molar-refractivity contribution in [1.29, 1.82) is 0 Å². The van der Waals surface area contributed by atoms with Crippen LogP contribution in [0.5, 0.6) is 0 Å². The first-order chi connectivity index (χ1) is 13.1. The van der Waals surface area contributed by atoms with Gasteiger partial charge in [0.1, 0.15) is 17.3 Å². The fourth-order valence-electron chi connectivity index (χ4n) is 2.49. The molecule has 2 N–H and O–H groups in total. The van der Waals surface area contributed by atoms with Crippen LogP contribution in [0.15, 0.2) is 57.5 Å². The summed E-state index contributed by atoms with van der Waals surface area (Å²) in [5.74, 6) is 0. The van der Waals surface area contributed by atoms with E-state index in [9.17, 15) is 10.0 Å². The Labute approximate surface area is 164 Å². The van der Waals surface area contributed by atoms with E-state index in [1.165, 1.54) is 11.3 Å². The molecule has 0 saturated heterocycles. The first kappa shape index (κ1) is 19.4. The van der Waals surface area contributed by atoms with Gasteiger partial charge >= 0.3 is 0 Å². The number of pyridine rings is 1. The van der Waals surface area contributed by atoms with Crippen molar-refractivity contribution < 1.29 is 9.84 Å². The van der Waals surface area contributed by atoms with E-state index >= 15 is 0 Å². The van der Waals surface area contributed by atoms with Gasteiger partial charge in [-0.2, -0.15) is 0 Å². The van der Waals surface area contributed by atoms with Gasteiger partial charge in [-0.05, 0) is 36.8 Å². The molecule has 1 aromatic carbocycles. The van der Waals surface area contributed by atoms with E-state index in [1.807, 2.05) is 23.6 Å². The Kier molecular flexibility index (Phi) is 6.17. The number of nitrogens with one attached hydrogen (secondary N) is 1. The van der Waals surface area contributed by atoms with Crippen molar-refractivity contribution in [3.8, 4) is 10.7 Å². The van der Waals surface area contributed by atoms with E-state index in [-0.39, 0.29) is 0 Å². The second-order valence-electron chi connectivity index (χ2n) is 5.81. The normalized spacial score (nSPS) is 13.1. The van der Waals surface area contributed by atoms with Gasteiger partial charge in [0, 0.05) is 23.3 Å². The fourth-order valence-corrected chi connectivity index (χ4v) is 3.89. The minimum atomic E-state index is -1.33. The van der Waals surface area contributed by atoms with Crippen LogP contribution in [0.2, 0.25) is 0 Å². The highest BCUT2D eigenvalue weighted by Gasteiger charge is 2.30. The summed E-state index contributed by atoms with van der Waals surface area (Å²) in [6.45, 7) is 1.96. The van der Waals surface area contributed by atoms with Gasteiger partial charge in [0.05, 0.1) is 33.9 Å². The summed E-state index contributed by atoms with van der Waals surface area (Å²) in [5, 5.41) is 16.7. The van der Waals surface area contributed by atoms with Crippen LogP contribution in [0, 0.1) is 4.91 Å². The highest BCUT2D eigenvalue weighted by molar-refractivity contribution is 7.98. The SMILES string of the molecule is COCNc1ccc(C(C)(O)c2csc(-c3ccccn3)n2)cc1SN=O. The van der Waals surface area contributed by atoms with Gasteiger partial charge in [-0.15, -0.1) is 16.2 Å². The van der Waals surface area contributed by atoms with Crippen LogP contribution in [0.3, 0.4) is 0 Å². The number of rotatable bonds is 8. The minimum Gasteiger partial charge on any atom is -0.379 e. The molecule has 0 aliphatic rings. The maximum atomic E-state index is 11.1. The Balaban J connectivity index is 1.93. The number of nitrogens with zero attached hydrogens (tertiary/aromatic N) is 3. The number of thiazole rings is 1. The molecule has 0 saturated carbocycles. The van der Waals surface area contributed by atoms with E-state index in [0.29, 0.717) is 28.6 Å². The molecule has 27 heavy (non-hydrogen) atoms. The number of benzene rings is 1. The third kappa shape index (κ3) is 4.33. The van der Waals surface area contributed by atoms with Gasteiger partial charge < -0.3 is 15.2 Å². The number of hydrogen-bond acceptors (Lipinski definition) is 9. The molecule has 0 aliphatic heterocycles. The molecule has 1 unspecified atom stereocenters. The van der Waals surface area contributed by atoms with E-state index in [0.717, 1.165) is 22.6 Å². The predicted octanol–water partition coefficient (Wildman–Crippen LogP) is 4.25. The summed E-state index contributed by atoms with van der Waals surface area (Å²) in [5.41, 5.74) is 1.25. The van der Waals surface area contributed by atoms with Crippen molar-refractivity contribution in [2.24, 2.45) is 4.58 Å². The molecule has 0 amide bonds. The summed E-state index contributed by atoms with van der Waals surface area (Å²) in [4.78, 5) is 20.2. The summed E-state index contributed by atoms with van der Waals surface area (Å²) in [6, 6.07) is 10.9. The standard InChI is InChI=1S/C18H18N4O3S2/c1-18(23,16-10-26-17(21-16)14-5-3-4-8-19-14)12-6-7-13(20-11-25-2)15(9-12)27-22-24/h3-10,20,23H,11H2,1-2H3. The zero-order valence-electron chi connectivity index (χ0n) is 14.7. The Bertz CT molecular complexity index is 916. The topological polar surface area (TPSA) is 96.7 Å². The van der Waals surface area contributed by atoms with Crippen LogP contribution in [-0.2, 0) is 10.3 Å². The lowest BCUT2D eigenvalue weighted by atomic mass is 9.93. The molecule has 140 valence electrons. The number of methoxy groups -OCH3 is 1. The van der Waals surface area contributed by atoms with E-state index in [1.54, 1.807) is 38.4 Å². The maximum absolute atomic E-state index is 11.1. The molecule has 0 spiro atoms. The van der Waals surface area contributed by atoms with Crippen molar-refractivity contribution in [3.63, 3.8) is 0 Å². The number of hydrogen-bond donors (Lipinski definition) is 2. The largest absolute Gasteiger partial charge is 0.379 e. The van der Waals surface area contributed by atoms with Crippen LogP contribution in [0.4, 0.5) is 5.69 Å². The molecule has 0 bridgehead atoms. The molecular formula is C18H18N4O3S2. The molecule has 2 aromatic heterocycles. The highest BCUT2D eigenvalue weighted by Crippen LogP contribution is 2.37. The lowest BCUT2D eigenvalue weighted by molar-refractivity contribution is 0.0980. The van der Waals surface area contributed by atoms with Gasteiger partial charge in [0.15, 0.2) is 0 Å². The summed E-state index contributed by atoms with van der Waals surface area (Å²) < 4.78 is 7.89. The first-order valence-electron chi connectivity index (χ1n) is 8.03. The van der Waals surface area contributed by atoms with Crippen molar-refractivity contribution >= 4 is 29.0 Å². The van der Waals surface area contributed by atoms with Crippen molar-refractivity contribution in [3.05, 3.63) is 64.1 Å². The van der Waals surface area contributed by atoms with E-state index < -0.39 is 5.60 Å². The molecule has 9 heteroatoms. The smallest absolute Gasteiger partial charge is 0.142 e. The van der Waals surface area contributed by atoms with Gasteiger partial charge in [0.25, 0.3) is 0 Å². The molecule has 7 nitrogen and oxygen atoms in total. The van der Waals surface area contributed by atoms with Crippen molar-refractivity contribution in [2.75, 3.05) is 19.2 Å². The molecule has 2 heterocycles. The summed E-state index contributed by atoms with van der Waals surface area (Å²) in [7, 11) is 1.57. The Morgan fingerprint density at radius 3 is 2.93 bits per heavy atom. The quantitative estimate of drug-likeness (QED) is 0.330. The third-order valence-corrected chi connectivity index (χ3v) is 5.45. The monoisotopic (exact) mass is 402 g/mol. The number of nitroso groups, excluding NO2 is 1. The van der Waals surface area contributed by atoms with Crippen LogP contribution < -0.4 is 5.32 Å². The van der Waals surface area contributed by atoms with Crippen LogP contribution in [-0.4, -0.2) is 28.9 Å². The van der Waals surface area contributed by atoms with Gasteiger partial charge in [-0.25, -0.2) is 4.98 Å². The first-order valence-corrected chi connectivity index (χ1v) is 9.68. The molecule has 1 atom stereocenters. The summed E-state index contributed by atoms with van der Waals surface area (Å²) >= 11 is 2.21. The zero-order chi connectivity index (χ0) is 19.3. The average Bonchev–Trinajstić information content (AvgIpc) is 3.19. The van der Waals surface area contributed by atoms with Gasteiger partial charge in [-0.3, -0.25) is 4.98 Å². The molecule has 0 radical (unpaired) electrons. The van der Waals surface area contributed by atoms with Crippen LogP contribution in [0.1, 0.15) is 18.2 Å². The van der Waals surface area contributed by atoms with Crippen molar-refractivity contribution in [2.45, 2.75) is 17.4 Å². The second kappa shape index (κ2) is 8.57. The number of aromatic nitrogens is 2. The molecule has 3 aromatic rings. The zero-order valence-corrected chi connectivity index (χ0v) is 16.4. The van der Waals surface area contributed by atoms with Crippen LogP contribution >= 0.6 is 23.3 Å². The molecule has 0 fully saturated rings. The Morgan fingerprint density at radius 1 is 1.37 bits per heavy atom. The van der Waals surface area contributed by atoms with Crippen LogP contribution in [0.25, 0.3) is 10.7 Å². The second-order valence-corrected chi connectivity index (χ2v) is 7.44. The molecular weight excluding hydrogens is 384 g/mol. The summed E-state index contributed by atoms with van der Waals surface area (Å²) in [6.07, 6.45) is 1.70. The Morgan fingerprint density at radius 2 is 2.22 bits per heavy atom. The number of ether oxygens (including phenoxy) is 1. The highest BCUT2D eigenvalue weighted by atomic mass is 32.2. The lowest BCUT2D eigenvalue weighted by Crippen LogP contribution is -2.23.